The molecule has 2 heterocycles. The van der Waals surface area contributed by atoms with Crippen LogP contribution in [0.1, 0.15) is 28.7 Å². The summed E-state index contributed by atoms with van der Waals surface area (Å²) in [6.45, 7) is 0.372. The van der Waals surface area contributed by atoms with Crippen LogP contribution in [0.3, 0.4) is 0 Å². The number of carbonyl (C=O) groups is 1. The van der Waals surface area contributed by atoms with E-state index >= 15 is 0 Å². The number of benzene rings is 2. The van der Waals surface area contributed by atoms with Gasteiger partial charge in [-0.3, -0.25) is 4.79 Å². The van der Waals surface area contributed by atoms with E-state index in [1.165, 1.54) is 14.2 Å². The largest absolute Gasteiger partial charge is 0.493 e. The average molecular weight is 414 g/mol. The first kappa shape index (κ1) is 18.9. The second-order valence-electron chi connectivity index (χ2n) is 7.50. The summed E-state index contributed by atoms with van der Waals surface area (Å²) in [5, 5.41) is 11.1. The number of methoxy groups -OCH3 is 3. The van der Waals surface area contributed by atoms with Crippen molar-refractivity contribution in [3.05, 3.63) is 41.0 Å². The van der Waals surface area contributed by atoms with Gasteiger partial charge in [-0.15, -0.1) is 0 Å². The Bertz CT molecular complexity index is 1020. The molecule has 1 aliphatic carbocycles. The first-order valence-electron chi connectivity index (χ1n) is 9.66. The van der Waals surface area contributed by atoms with Crippen molar-refractivity contribution in [1.29, 1.82) is 0 Å². The van der Waals surface area contributed by atoms with Gasteiger partial charge in [0.15, 0.2) is 23.0 Å². The van der Waals surface area contributed by atoms with E-state index in [0.717, 1.165) is 11.1 Å². The summed E-state index contributed by atoms with van der Waals surface area (Å²) in [6, 6.07) is 7.41. The van der Waals surface area contributed by atoms with Crippen molar-refractivity contribution in [1.82, 2.24) is 0 Å². The van der Waals surface area contributed by atoms with Gasteiger partial charge in [0.25, 0.3) is 0 Å². The van der Waals surface area contributed by atoms with E-state index in [2.05, 4.69) is 0 Å². The zero-order valence-corrected chi connectivity index (χ0v) is 16.8. The van der Waals surface area contributed by atoms with Crippen LogP contribution in [0.25, 0.3) is 0 Å². The lowest BCUT2D eigenvalue weighted by Gasteiger charge is -2.38. The predicted octanol–water partition coefficient (Wildman–Crippen LogP) is 2.41. The molecule has 3 aliphatic rings. The van der Waals surface area contributed by atoms with Crippen molar-refractivity contribution >= 4 is 5.97 Å². The zero-order valence-electron chi connectivity index (χ0n) is 16.8. The van der Waals surface area contributed by atoms with Gasteiger partial charge in [-0.1, -0.05) is 6.07 Å². The number of aliphatic hydroxyl groups is 1. The molecule has 8 heteroatoms. The highest BCUT2D eigenvalue weighted by atomic mass is 16.7. The molecule has 0 aromatic heterocycles. The number of ether oxygens (including phenoxy) is 6. The Morgan fingerprint density at radius 2 is 1.73 bits per heavy atom. The molecule has 5 rings (SSSR count). The molecule has 0 amide bonds. The van der Waals surface area contributed by atoms with Gasteiger partial charge in [-0.2, -0.15) is 0 Å². The highest BCUT2D eigenvalue weighted by Gasteiger charge is 2.53. The van der Waals surface area contributed by atoms with Gasteiger partial charge in [0.05, 0.1) is 40.0 Å². The van der Waals surface area contributed by atoms with E-state index in [4.69, 9.17) is 28.4 Å². The number of carbonyl (C=O) groups excluding carboxylic acids is 1. The van der Waals surface area contributed by atoms with Crippen LogP contribution in [0.4, 0.5) is 0 Å². The van der Waals surface area contributed by atoms with Crippen LogP contribution >= 0.6 is 0 Å². The number of rotatable bonds is 4. The minimum Gasteiger partial charge on any atom is -0.493 e. The van der Waals surface area contributed by atoms with Gasteiger partial charge in [-0.05, 0) is 29.3 Å². The molecule has 2 aromatic rings. The SMILES string of the molecule is COc1cc2c(c(OC)c1OC)[C@H](c1ccc3c(c1)OCO3)[C@H]1COC(=O)[C@H]1[C@H]2O. The summed E-state index contributed by atoms with van der Waals surface area (Å²) in [5.74, 6) is 0.976. The molecule has 30 heavy (non-hydrogen) atoms. The topological polar surface area (TPSA) is 92.7 Å². The Hall–Kier alpha value is -3.13. The molecular weight excluding hydrogens is 392 g/mol. The third kappa shape index (κ3) is 2.53. The van der Waals surface area contributed by atoms with Crippen LogP contribution in [0.5, 0.6) is 28.7 Å². The molecule has 1 fully saturated rings. The summed E-state index contributed by atoms with van der Waals surface area (Å²) in [5.41, 5.74) is 2.22. The fourth-order valence-corrected chi connectivity index (χ4v) is 4.91. The maximum atomic E-state index is 12.5. The summed E-state index contributed by atoms with van der Waals surface area (Å²) in [6.07, 6.45) is -1.04. The lowest BCUT2D eigenvalue weighted by molar-refractivity contribution is -0.144. The molecule has 0 unspecified atom stereocenters. The normalized spacial score (nSPS) is 25.9. The first-order chi connectivity index (χ1) is 14.6. The van der Waals surface area contributed by atoms with E-state index in [0.29, 0.717) is 34.3 Å². The van der Waals surface area contributed by atoms with Crippen molar-refractivity contribution in [3.63, 3.8) is 0 Å². The monoisotopic (exact) mass is 414 g/mol. The van der Waals surface area contributed by atoms with Crippen molar-refractivity contribution in [2.24, 2.45) is 11.8 Å². The molecule has 8 nitrogen and oxygen atoms in total. The fraction of sp³-hybridized carbons (Fsp3) is 0.409. The third-order valence-corrected chi connectivity index (χ3v) is 6.21. The van der Waals surface area contributed by atoms with Crippen molar-refractivity contribution in [2.75, 3.05) is 34.7 Å². The van der Waals surface area contributed by atoms with Crippen molar-refractivity contribution < 1.29 is 38.3 Å². The number of esters is 1. The van der Waals surface area contributed by atoms with Gasteiger partial charge in [0.2, 0.25) is 12.5 Å². The van der Waals surface area contributed by atoms with Gasteiger partial charge >= 0.3 is 5.97 Å². The van der Waals surface area contributed by atoms with E-state index in [-0.39, 0.29) is 25.2 Å². The summed E-state index contributed by atoms with van der Waals surface area (Å²) < 4.78 is 33.2. The maximum Gasteiger partial charge on any atom is 0.312 e. The minimum atomic E-state index is -1.04. The Morgan fingerprint density at radius 3 is 2.47 bits per heavy atom. The van der Waals surface area contributed by atoms with Crippen LogP contribution in [-0.4, -0.2) is 45.8 Å². The Labute approximate surface area is 173 Å². The van der Waals surface area contributed by atoms with E-state index in [1.807, 2.05) is 18.2 Å². The van der Waals surface area contributed by atoms with E-state index < -0.39 is 18.0 Å². The standard InChI is InChI=1S/C22H22O8/c1-25-15-7-11-17(21(27-3)20(15)26-2)16(12-8-28-22(24)18(12)19(11)23)10-4-5-13-14(6-10)30-9-29-13/h4-7,12,16,18-19,23H,8-9H2,1-3H3/t12-,16-,18-,19+/m1/s1. The van der Waals surface area contributed by atoms with Crippen molar-refractivity contribution in [3.8, 4) is 28.7 Å². The molecule has 2 aliphatic heterocycles. The van der Waals surface area contributed by atoms with Crippen LogP contribution in [0, 0.1) is 11.8 Å². The second kappa shape index (κ2) is 6.98. The van der Waals surface area contributed by atoms with E-state index in [9.17, 15) is 9.90 Å². The maximum absolute atomic E-state index is 12.5. The van der Waals surface area contributed by atoms with Crippen LogP contribution in [0.15, 0.2) is 24.3 Å². The molecule has 0 saturated carbocycles. The molecular formula is C22H22O8. The van der Waals surface area contributed by atoms with Gasteiger partial charge in [0.1, 0.15) is 0 Å². The number of cyclic esters (lactones) is 1. The third-order valence-electron chi connectivity index (χ3n) is 6.21. The minimum absolute atomic E-state index is 0.167. The molecule has 0 bridgehead atoms. The number of fused-ring (bicyclic) bond motifs is 3. The summed E-state index contributed by atoms with van der Waals surface area (Å²) in [4.78, 5) is 12.5. The Morgan fingerprint density at radius 1 is 0.967 bits per heavy atom. The Balaban J connectivity index is 1.78. The number of hydrogen-bond donors (Lipinski definition) is 1. The summed E-state index contributed by atoms with van der Waals surface area (Å²) in [7, 11) is 4.59. The quantitative estimate of drug-likeness (QED) is 0.763. The van der Waals surface area contributed by atoms with Gasteiger partial charge in [0, 0.05) is 17.4 Å². The highest BCUT2D eigenvalue weighted by molar-refractivity contribution is 5.78. The first-order valence-corrected chi connectivity index (χ1v) is 9.66. The van der Waals surface area contributed by atoms with Gasteiger partial charge < -0.3 is 33.5 Å². The molecule has 0 radical (unpaired) electrons. The molecule has 2 aromatic carbocycles. The van der Waals surface area contributed by atoms with Crippen molar-refractivity contribution in [2.45, 2.75) is 12.0 Å². The zero-order chi connectivity index (χ0) is 21.0. The molecule has 4 atom stereocenters. The smallest absolute Gasteiger partial charge is 0.312 e. The molecule has 0 spiro atoms. The highest BCUT2D eigenvalue weighted by Crippen LogP contribution is 2.58. The fourth-order valence-electron chi connectivity index (χ4n) is 4.91. The second-order valence-corrected chi connectivity index (χ2v) is 7.50. The van der Waals surface area contributed by atoms with E-state index in [1.54, 1.807) is 13.2 Å². The predicted molar refractivity (Wildman–Crippen MR) is 103 cm³/mol. The molecule has 1 saturated heterocycles. The summed E-state index contributed by atoms with van der Waals surface area (Å²) >= 11 is 0. The average Bonchev–Trinajstić information content (AvgIpc) is 3.39. The van der Waals surface area contributed by atoms with Crippen LogP contribution in [-0.2, 0) is 9.53 Å². The molecule has 1 N–H and O–H groups in total. The lowest BCUT2D eigenvalue weighted by atomic mass is 9.66. The van der Waals surface area contributed by atoms with Crippen LogP contribution < -0.4 is 23.7 Å². The lowest BCUT2D eigenvalue weighted by Crippen LogP contribution is -2.35. The number of aliphatic hydroxyl groups excluding tert-OH is 1. The van der Waals surface area contributed by atoms with Gasteiger partial charge in [-0.25, -0.2) is 0 Å². The van der Waals surface area contributed by atoms with Crippen LogP contribution in [0.2, 0.25) is 0 Å². The number of hydrogen-bond acceptors (Lipinski definition) is 8. The Kier molecular flexibility index (Phi) is 4.39. The molecule has 158 valence electrons.